The molecule has 12 nitrogen and oxygen atoms in total. The molecule has 186 valence electrons. The number of oxime groups is 1. The Kier molecular flexibility index (Phi) is 8.30. The van der Waals surface area contributed by atoms with Crippen LogP contribution in [0.25, 0.3) is 0 Å². The number of nitrogens with zero attached hydrogens (tertiary/aromatic N) is 3. The van der Waals surface area contributed by atoms with Gasteiger partial charge in [-0.3, -0.25) is 19.3 Å². The van der Waals surface area contributed by atoms with Gasteiger partial charge in [-0.15, -0.1) is 23.1 Å². The molecule has 0 radical (unpaired) electrons. The topological polar surface area (TPSA) is 163 Å². The fourth-order valence-corrected chi connectivity index (χ4v) is 5.11. The molecule has 3 heterocycles. The largest absolute Gasteiger partial charge is 0.426 e. The summed E-state index contributed by atoms with van der Waals surface area (Å²) in [5.74, 6) is -2.38. The van der Waals surface area contributed by atoms with Crippen LogP contribution in [0.5, 0.6) is 0 Å². The van der Waals surface area contributed by atoms with Crippen LogP contribution in [0.15, 0.2) is 47.1 Å². The van der Waals surface area contributed by atoms with Gasteiger partial charge >= 0.3 is 11.9 Å². The van der Waals surface area contributed by atoms with Gasteiger partial charge in [0.2, 0.25) is 6.29 Å². The number of aromatic nitrogens is 1. The molecule has 3 N–H and O–H groups in total. The summed E-state index contributed by atoms with van der Waals surface area (Å²) in [4.78, 5) is 60.2. The smallest absolute Gasteiger partial charge is 0.358 e. The molecule has 2 unspecified atom stereocenters. The number of thiazole rings is 1. The molecule has 14 heteroatoms. The summed E-state index contributed by atoms with van der Waals surface area (Å²) in [5, 5.41) is 7.62. The zero-order valence-electron chi connectivity index (χ0n) is 18.9. The summed E-state index contributed by atoms with van der Waals surface area (Å²) in [6.45, 7) is 9.82. The average Bonchev–Trinajstić information content (AvgIpc) is 3.24. The Hall–Kier alpha value is -3.65. The number of allylic oxidation sites excluding steroid dienone is 1. The second-order valence-electron chi connectivity index (χ2n) is 7.12. The number of amides is 2. The molecule has 0 spiro atoms. The molecule has 3 rings (SSSR count). The predicted octanol–water partition coefficient (Wildman–Crippen LogP) is 0.924. The molecule has 1 aromatic rings. The molecule has 1 fully saturated rings. The van der Waals surface area contributed by atoms with Crippen molar-refractivity contribution >= 4 is 57.7 Å². The summed E-state index contributed by atoms with van der Waals surface area (Å²) in [5.41, 5.74) is 6.14. The van der Waals surface area contributed by atoms with E-state index in [1.54, 1.807) is 0 Å². The lowest BCUT2D eigenvalue weighted by Crippen LogP contribution is -2.71. The number of carbonyl (C=O) groups is 4. The number of nitrogens with two attached hydrogens (primary N) is 1. The molecule has 2 amide bonds. The Morgan fingerprint density at radius 2 is 2.14 bits per heavy atom. The van der Waals surface area contributed by atoms with Gasteiger partial charge < -0.3 is 25.4 Å². The highest BCUT2D eigenvalue weighted by molar-refractivity contribution is 8.00. The number of nitrogen functional groups attached to an aromatic ring is 1. The molecular formula is C21H23N5O7S2. The second-order valence-corrected chi connectivity index (χ2v) is 9.11. The van der Waals surface area contributed by atoms with E-state index in [1.165, 1.54) is 48.0 Å². The Morgan fingerprint density at radius 3 is 2.74 bits per heavy atom. The fourth-order valence-electron chi connectivity index (χ4n) is 3.22. The maximum absolute atomic E-state index is 13.0. The number of fused-ring (bicyclic) bond motifs is 1. The van der Waals surface area contributed by atoms with Crippen molar-refractivity contribution in [3.8, 4) is 0 Å². The lowest BCUT2D eigenvalue weighted by Gasteiger charge is -2.49. The van der Waals surface area contributed by atoms with E-state index in [4.69, 9.17) is 20.0 Å². The van der Waals surface area contributed by atoms with E-state index >= 15 is 0 Å². The second kappa shape index (κ2) is 11.2. The molecule has 3 atom stereocenters. The molecule has 0 bridgehead atoms. The van der Waals surface area contributed by atoms with E-state index in [9.17, 15) is 19.2 Å². The minimum Gasteiger partial charge on any atom is -0.426 e. The van der Waals surface area contributed by atoms with E-state index in [1.807, 2.05) is 0 Å². The zero-order valence-corrected chi connectivity index (χ0v) is 20.5. The maximum Gasteiger partial charge on any atom is 0.358 e. The Morgan fingerprint density at radius 1 is 1.40 bits per heavy atom. The van der Waals surface area contributed by atoms with Crippen molar-refractivity contribution in [2.75, 3.05) is 18.1 Å². The van der Waals surface area contributed by atoms with E-state index in [-0.39, 0.29) is 28.8 Å². The maximum atomic E-state index is 13.0. The molecule has 0 aliphatic carbocycles. The Labute approximate surface area is 208 Å². The lowest BCUT2D eigenvalue weighted by atomic mass is 10.0. The third-order valence-corrected chi connectivity index (χ3v) is 6.63. The summed E-state index contributed by atoms with van der Waals surface area (Å²) in [7, 11) is 0. The minimum absolute atomic E-state index is 0.0197. The van der Waals surface area contributed by atoms with E-state index < -0.39 is 41.5 Å². The van der Waals surface area contributed by atoms with Crippen molar-refractivity contribution in [3.63, 3.8) is 0 Å². The highest BCUT2D eigenvalue weighted by Crippen LogP contribution is 2.41. The molecule has 35 heavy (non-hydrogen) atoms. The van der Waals surface area contributed by atoms with Crippen LogP contribution in [-0.2, 0) is 33.5 Å². The fraction of sp³-hybridized carbons (Fsp3) is 0.333. The van der Waals surface area contributed by atoms with Crippen LogP contribution in [0.2, 0.25) is 0 Å². The SMILES string of the molecule is C=CCON=C(C(=O)NC1C(=O)N2C(C(=O)OC(C)OC(C)=O)=C(C=C)CS[C@H]12)c1csc(N)n1. The number of carbonyl (C=O) groups excluding carboxylic acids is 4. The van der Waals surface area contributed by atoms with Crippen LogP contribution in [0.1, 0.15) is 19.5 Å². The van der Waals surface area contributed by atoms with E-state index in [2.05, 4.69) is 28.6 Å². The van der Waals surface area contributed by atoms with Crippen molar-refractivity contribution in [1.82, 2.24) is 15.2 Å². The first-order valence-corrected chi connectivity index (χ1v) is 12.1. The van der Waals surface area contributed by atoms with Crippen molar-refractivity contribution in [1.29, 1.82) is 0 Å². The number of nitrogens with one attached hydrogen (secondary N) is 1. The van der Waals surface area contributed by atoms with Crippen molar-refractivity contribution < 1.29 is 33.5 Å². The van der Waals surface area contributed by atoms with Gasteiger partial charge in [0.15, 0.2) is 10.8 Å². The van der Waals surface area contributed by atoms with Gasteiger partial charge in [-0.05, 0) is 5.57 Å². The van der Waals surface area contributed by atoms with Crippen molar-refractivity contribution in [2.45, 2.75) is 31.6 Å². The zero-order chi connectivity index (χ0) is 25.7. The van der Waals surface area contributed by atoms with Crippen LogP contribution in [-0.4, -0.2) is 69.4 Å². The van der Waals surface area contributed by atoms with Crippen molar-refractivity contribution in [2.24, 2.45) is 5.16 Å². The van der Waals surface area contributed by atoms with E-state index in [0.717, 1.165) is 11.3 Å². The summed E-state index contributed by atoms with van der Waals surface area (Å²) >= 11 is 2.45. The van der Waals surface area contributed by atoms with Crippen LogP contribution < -0.4 is 11.1 Å². The quantitative estimate of drug-likeness (QED) is 0.0861. The molecule has 1 aromatic heterocycles. The molecular weight excluding hydrogens is 498 g/mol. The summed E-state index contributed by atoms with van der Waals surface area (Å²) < 4.78 is 9.99. The van der Waals surface area contributed by atoms with Gasteiger partial charge in [-0.25, -0.2) is 9.78 Å². The third-order valence-electron chi connectivity index (χ3n) is 4.66. The first-order valence-electron chi connectivity index (χ1n) is 10.2. The highest BCUT2D eigenvalue weighted by Gasteiger charge is 2.54. The van der Waals surface area contributed by atoms with E-state index in [0.29, 0.717) is 11.3 Å². The van der Waals surface area contributed by atoms with Crippen LogP contribution in [0.3, 0.4) is 0 Å². The van der Waals surface area contributed by atoms with Crippen LogP contribution in [0, 0.1) is 0 Å². The molecule has 0 aromatic carbocycles. The number of ether oxygens (including phenoxy) is 2. The summed E-state index contributed by atoms with van der Waals surface area (Å²) in [6.07, 6.45) is 1.75. The molecule has 0 saturated carbocycles. The Balaban J connectivity index is 1.77. The number of β-lactam (4-membered cyclic amide) rings is 1. The number of rotatable bonds is 10. The van der Waals surface area contributed by atoms with Gasteiger partial charge in [0.05, 0.1) is 0 Å². The number of hydrogen-bond acceptors (Lipinski definition) is 12. The average molecular weight is 522 g/mol. The minimum atomic E-state index is -1.15. The number of anilines is 1. The molecule has 2 aliphatic rings. The monoisotopic (exact) mass is 521 g/mol. The number of thioether (sulfide) groups is 1. The molecule has 1 saturated heterocycles. The van der Waals surface area contributed by atoms with Crippen LogP contribution >= 0.6 is 23.1 Å². The number of hydrogen-bond donors (Lipinski definition) is 2. The normalized spacial score (nSPS) is 20.2. The van der Waals surface area contributed by atoms with Crippen LogP contribution in [0.4, 0.5) is 5.13 Å². The Bertz CT molecular complexity index is 1130. The van der Waals surface area contributed by atoms with Crippen molar-refractivity contribution in [3.05, 3.63) is 47.7 Å². The van der Waals surface area contributed by atoms with Gasteiger partial charge in [0, 0.05) is 25.0 Å². The first-order chi connectivity index (χ1) is 16.7. The van der Waals surface area contributed by atoms with Gasteiger partial charge in [-0.2, -0.15) is 0 Å². The standard InChI is InChI=1S/C21H23N5O7S2/c1-5-7-31-25-14(13-9-35-21(22)23-13)17(28)24-15-18(29)26-16(12(6-2)8-34-19(15)26)20(30)33-11(4)32-10(3)27/h5-6,9,11,15,19H,1-2,7-8H2,3-4H3,(H2,22,23)(H,24,28)/t11?,15?,19-/m1/s1. The van der Waals surface area contributed by atoms with Gasteiger partial charge in [0.25, 0.3) is 11.8 Å². The number of esters is 2. The molecule has 2 aliphatic heterocycles. The third kappa shape index (κ3) is 5.71. The lowest BCUT2D eigenvalue weighted by molar-refractivity contribution is -0.182. The highest BCUT2D eigenvalue weighted by atomic mass is 32.2. The first kappa shape index (κ1) is 26.0. The van der Waals surface area contributed by atoms with Gasteiger partial charge in [-0.1, -0.05) is 30.5 Å². The predicted molar refractivity (Wildman–Crippen MR) is 129 cm³/mol. The van der Waals surface area contributed by atoms with Gasteiger partial charge in [0.1, 0.15) is 29.4 Å². The summed E-state index contributed by atoms with van der Waals surface area (Å²) in [6, 6.07) is -0.951.